The summed E-state index contributed by atoms with van der Waals surface area (Å²) in [5.74, 6) is 0. The summed E-state index contributed by atoms with van der Waals surface area (Å²) in [6.07, 6.45) is 0. The van der Waals surface area contributed by atoms with Crippen molar-refractivity contribution in [3.8, 4) is 6.07 Å². The van der Waals surface area contributed by atoms with Crippen LogP contribution in [0.3, 0.4) is 0 Å². The molecule has 0 atom stereocenters. The summed E-state index contributed by atoms with van der Waals surface area (Å²) in [6, 6.07) is 6.38. The normalized spacial score (nSPS) is 15.6. The van der Waals surface area contributed by atoms with Crippen LogP contribution >= 0.6 is 0 Å². The van der Waals surface area contributed by atoms with E-state index >= 15 is 0 Å². The van der Waals surface area contributed by atoms with Crippen LogP contribution in [0.4, 0.5) is 11.4 Å². The van der Waals surface area contributed by atoms with E-state index in [1.165, 1.54) is 6.07 Å². The maximum Gasteiger partial charge on any atom is 0.293 e. The predicted molar refractivity (Wildman–Crippen MR) is 75.6 cm³/mol. The number of nitrogens with one attached hydrogen (secondary N) is 2. The standard InChI is InChI=1S/C13H17N5O2/c14-10-11-1-2-12(13(9-11)18(19)20)16-5-8-17-6-3-15-4-7-17/h1-2,9,15-16H,3-8H2. The minimum Gasteiger partial charge on any atom is -0.378 e. The van der Waals surface area contributed by atoms with Gasteiger partial charge in [0.15, 0.2) is 0 Å². The smallest absolute Gasteiger partial charge is 0.293 e. The summed E-state index contributed by atoms with van der Waals surface area (Å²) in [5, 5.41) is 26.1. The molecule has 2 N–H and O–H groups in total. The van der Waals surface area contributed by atoms with E-state index in [9.17, 15) is 10.1 Å². The number of hydrogen-bond acceptors (Lipinski definition) is 6. The van der Waals surface area contributed by atoms with Crippen LogP contribution < -0.4 is 10.6 Å². The van der Waals surface area contributed by atoms with E-state index in [1.54, 1.807) is 12.1 Å². The molecule has 20 heavy (non-hydrogen) atoms. The van der Waals surface area contributed by atoms with E-state index in [4.69, 9.17) is 5.26 Å². The summed E-state index contributed by atoms with van der Waals surface area (Å²) in [5.41, 5.74) is 0.706. The second kappa shape index (κ2) is 6.84. The van der Waals surface area contributed by atoms with Crippen LogP contribution in [0.15, 0.2) is 18.2 Å². The maximum absolute atomic E-state index is 11.0. The first-order valence-electron chi connectivity index (χ1n) is 6.56. The van der Waals surface area contributed by atoms with Crippen molar-refractivity contribution in [3.05, 3.63) is 33.9 Å². The maximum atomic E-state index is 11.0. The van der Waals surface area contributed by atoms with Crippen molar-refractivity contribution in [2.45, 2.75) is 0 Å². The minimum absolute atomic E-state index is 0.0515. The van der Waals surface area contributed by atoms with Gasteiger partial charge < -0.3 is 10.6 Å². The van der Waals surface area contributed by atoms with E-state index in [2.05, 4.69) is 15.5 Å². The van der Waals surface area contributed by atoms with Gasteiger partial charge in [0.2, 0.25) is 0 Å². The molecule has 1 fully saturated rings. The van der Waals surface area contributed by atoms with E-state index in [1.807, 2.05) is 6.07 Å². The first-order chi connectivity index (χ1) is 9.70. The Kier molecular flexibility index (Phi) is 4.87. The highest BCUT2D eigenvalue weighted by atomic mass is 16.6. The molecule has 0 bridgehead atoms. The monoisotopic (exact) mass is 275 g/mol. The van der Waals surface area contributed by atoms with Gasteiger partial charge in [-0.15, -0.1) is 0 Å². The lowest BCUT2D eigenvalue weighted by molar-refractivity contribution is -0.384. The molecular weight excluding hydrogens is 258 g/mol. The second-order valence-electron chi connectivity index (χ2n) is 4.62. The lowest BCUT2D eigenvalue weighted by atomic mass is 10.2. The molecule has 0 radical (unpaired) electrons. The zero-order valence-electron chi connectivity index (χ0n) is 11.1. The zero-order chi connectivity index (χ0) is 14.4. The lowest BCUT2D eigenvalue weighted by Gasteiger charge is -2.27. The van der Waals surface area contributed by atoms with Crippen molar-refractivity contribution in [2.24, 2.45) is 0 Å². The third kappa shape index (κ3) is 3.66. The first kappa shape index (κ1) is 14.2. The average Bonchev–Trinajstić information content (AvgIpc) is 2.48. The first-order valence-corrected chi connectivity index (χ1v) is 6.56. The van der Waals surface area contributed by atoms with Crippen molar-refractivity contribution >= 4 is 11.4 Å². The van der Waals surface area contributed by atoms with Gasteiger partial charge in [0.1, 0.15) is 5.69 Å². The van der Waals surface area contributed by atoms with Crippen LogP contribution in [0.1, 0.15) is 5.56 Å². The molecule has 0 aliphatic carbocycles. The number of nitrogens with zero attached hydrogens (tertiary/aromatic N) is 3. The Morgan fingerprint density at radius 3 is 2.85 bits per heavy atom. The van der Waals surface area contributed by atoms with Gasteiger partial charge >= 0.3 is 0 Å². The molecule has 1 heterocycles. The molecule has 1 aliphatic rings. The number of nitro groups is 1. The minimum atomic E-state index is -0.464. The van der Waals surface area contributed by atoms with Gasteiger partial charge in [0.05, 0.1) is 16.6 Å². The molecule has 7 heteroatoms. The average molecular weight is 275 g/mol. The van der Waals surface area contributed by atoms with Gasteiger partial charge in [-0.1, -0.05) is 0 Å². The Hall–Kier alpha value is -2.17. The topological polar surface area (TPSA) is 94.2 Å². The quantitative estimate of drug-likeness (QED) is 0.609. The number of rotatable bonds is 5. The predicted octanol–water partition coefficient (Wildman–Crippen LogP) is 0.784. The molecule has 1 saturated heterocycles. The van der Waals surface area contributed by atoms with Crippen molar-refractivity contribution < 1.29 is 4.92 Å². The number of hydrogen-bond donors (Lipinski definition) is 2. The van der Waals surface area contributed by atoms with E-state index < -0.39 is 4.92 Å². The number of anilines is 1. The van der Waals surface area contributed by atoms with Crippen molar-refractivity contribution in [2.75, 3.05) is 44.6 Å². The van der Waals surface area contributed by atoms with Gasteiger partial charge in [-0.05, 0) is 12.1 Å². The number of piperazine rings is 1. The second-order valence-corrected chi connectivity index (χ2v) is 4.62. The van der Waals surface area contributed by atoms with Gasteiger partial charge in [-0.25, -0.2) is 0 Å². The molecule has 0 aromatic heterocycles. The molecule has 0 saturated carbocycles. The van der Waals surface area contributed by atoms with Gasteiger partial charge in [-0.2, -0.15) is 5.26 Å². The van der Waals surface area contributed by atoms with Crippen molar-refractivity contribution in [1.82, 2.24) is 10.2 Å². The Morgan fingerprint density at radius 2 is 2.20 bits per heavy atom. The molecule has 1 aromatic carbocycles. The van der Waals surface area contributed by atoms with Gasteiger partial charge in [-0.3, -0.25) is 15.0 Å². The fourth-order valence-electron chi connectivity index (χ4n) is 2.19. The Labute approximate surface area is 117 Å². The third-order valence-electron chi connectivity index (χ3n) is 3.28. The fraction of sp³-hybridized carbons (Fsp3) is 0.462. The molecule has 106 valence electrons. The summed E-state index contributed by atoms with van der Waals surface area (Å²) in [6.45, 7) is 5.45. The molecule has 0 unspecified atom stereocenters. The highest BCUT2D eigenvalue weighted by molar-refractivity contribution is 5.64. The van der Waals surface area contributed by atoms with E-state index in [0.717, 1.165) is 32.7 Å². The molecule has 0 amide bonds. The van der Waals surface area contributed by atoms with Crippen LogP contribution in [-0.2, 0) is 0 Å². The number of nitro benzene ring substituents is 1. The van der Waals surface area contributed by atoms with E-state index in [0.29, 0.717) is 17.8 Å². The summed E-state index contributed by atoms with van der Waals surface area (Å²) in [7, 11) is 0. The molecule has 1 aromatic rings. The van der Waals surface area contributed by atoms with Crippen molar-refractivity contribution in [1.29, 1.82) is 5.26 Å². The Bertz CT molecular complexity index is 520. The van der Waals surface area contributed by atoms with Crippen LogP contribution in [0, 0.1) is 21.4 Å². The molecule has 7 nitrogen and oxygen atoms in total. The zero-order valence-corrected chi connectivity index (χ0v) is 11.1. The molecule has 0 spiro atoms. The van der Waals surface area contributed by atoms with Gasteiger partial charge in [0, 0.05) is 45.3 Å². The number of benzene rings is 1. The summed E-state index contributed by atoms with van der Waals surface area (Å²) < 4.78 is 0. The Balaban J connectivity index is 1.94. The van der Waals surface area contributed by atoms with E-state index in [-0.39, 0.29) is 5.69 Å². The van der Waals surface area contributed by atoms with Crippen LogP contribution in [-0.4, -0.2) is 49.1 Å². The SMILES string of the molecule is N#Cc1ccc(NCCN2CCNCC2)c([N+](=O)[O-])c1. The highest BCUT2D eigenvalue weighted by Gasteiger charge is 2.15. The largest absolute Gasteiger partial charge is 0.378 e. The summed E-state index contributed by atoms with van der Waals surface area (Å²) >= 11 is 0. The van der Waals surface area contributed by atoms with Crippen molar-refractivity contribution in [3.63, 3.8) is 0 Å². The van der Waals surface area contributed by atoms with Crippen LogP contribution in [0.5, 0.6) is 0 Å². The summed E-state index contributed by atoms with van der Waals surface area (Å²) in [4.78, 5) is 12.8. The van der Waals surface area contributed by atoms with Gasteiger partial charge in [0.25, 0.3) is 5.69 Å². The molecule has 1 aliphatic heterocycles. The van der Waals surface area contributed by atoms with Crippen LogP contribution in [0.25, 0.3) is 0 Å². The molecular formula is C13H17N5O2. The fourth-order valence-corrected chi connectivity index (χ4v) is 2.19. The third-order valence-corrected chi connectivity index (χ3v) is 3.28. The van der Waals surface area contributed by atoms with Crippen LogP contribution in [0.2, 0.25) is 0 Å². The lowest BCUT2D eigenvalue weighted by Crippen LogP contribution is -2.45. The molecule has 2 rings (SSSR count). The highest BCUT2D eigenvalue weighted by Crippen LogP contribution is 2.25. The number of nitriles is 1. The Morgan fingerprint density at radius 1 is 1.45 bits per heavy atom.